The van der Waals surface area contributed by atoms with E-state index in [0.29, 0.717) is 17.4 Å². The van der Waals surface area contributed by atoms with E-state index in [1.54, 1.807) is 7.11 Å². The Balaban J connectivity index is 2.02. The molecule has 0 heterocycles. The minimum atomic E-state index is -0.0145. The molecule has 0 unspecified atom stereocenters. The fourth-order valence-corrected chi connectivity index (χ4v) is 2.52. The van der Waals surface area contributed by atoms with Crippen LogP contribution in [-0.4, -0.2) is 19.1 Å². The summed E-state index contributed by atoms with van der Waals surface area (Å²) in [6.07, 6.45) is 7.22. The lowest BCUT2D eigenvalue weighted by Crippen LogP contribution is -2.34. The van der Waals surface area contributed by atoms with Gasteiger partial charge in [-0.25, -0.2) is 0 Å². The summed E-state index contributed by atoms with van der Waals surface area (Å²) in [6, 6.07) is 7.70. The molecule has 0 atom stereocenters. The summed E-state index contributed by atoms with van der Waals surface area (Å²) < 4.78 is 5.22. The molecule has 1 aromatic carbocycles. The number of hydrogen-bond donors (Lipinski definition) is 1. The van der Waals surface area contributed by atoms with Crippen molar-refractivity contribution in [2.24, 2.45) is 0 Å². The van der Waals surface area contributed by atoms with Gasteiger partial charge in [0.05, 0.1) is 12.7 Å². The average molecular weight is 247 g/mol. The third-order valence-corrected chi connectivity index (χ3v) is 3.54. The smallest absolute Gasteiger partial charge is 0.255 e. The molecule has 1 aromatic rings. The topological polar surface area (TPSA) is 38.3 Å². The quantitative estimate of drug-likeness (QED) is 0.833. The summed E-state index contributed by atoms with van der Waals surface area (Å²) >= 11 is 0. The van der Waals surface area contributed by atoms with Crippen LogP contribution < -0.4 is 10.1 Å². The second-order valence-corrected chi connectivity index (χ2v) is 4.86. The Morgan fingerprint density at radius 1 is 1.17 bits per heavy atom. The zero-order valence-corrected chi connectivity index (χ0v) is 10.9. The number of carbonyl (C=O) groups is 1. The van der Waals surface area contributed by atoms with E-state index in [2.05, 4.69) is 5.32 Å². The summed E-state index contributed by atoms with van der Waals surface area (Å²) in [5.41, 5.74) is 0.629. The predicted octanol–water partition coefficient (Wildman–Crippen LogP) is 3.15. The minimum Gasteiger partial charge on any atom is -0.496 e. The lowest BCUT2D eigenvalue weighted by atomic mass is 10.1. The molecule has 1 saturated carbocycles. The van der Waals surface area contributed by atoms with Crippen molar-refractivity contribution in [3.63, 3.8) is 0 Å². The largest absolute Gasteiger partial charge is 0.496 e. The Morgan fingerprint density at radius 2 is 1.83 bits per heavy atom. The number of rotatable bonds is 3. The van der Waals surface area contributed by atoms with Crippen molar-refractivity contribution >= 4 is 5.91 Å². The van der Waals surface area contributed by atoms with Gasteiger partial charge in [0.1, 0.15) is 5.75 Å². The van der Waals surface area contributed by atoms with E-state index < -0.39 is 0 Å². The maximum absolute atomic E-state index is 12.2. The van der Waals surface area contributed by atoms with E-state index in [4.69, 9.17) is 4.74 Å². The van der Waals surface area contributed by atoms with Crippen molar-refractivity contribution in [3.05, 3.63) is 29.8 Å². The van der Waals surface area contributed by atoms with Crippen molar-refractivity contribution < 1.29 is 9.53 Å². The van der Waals surface area contributed by atoms with Crippen molar-refractivity contribution in [1.82, 2.24) is 5.32 Å². The van der Waals surface area contributed by atoms with Gasteiger partial charge in [0.25, 0.3) is 5.91 Å². The van der Waals surface area contributed by atoms with Crippen molar-refractivity contribution in [3.8, 4) is 5.75 Å². The van der Waals surface area contributed by atoms with Gasteiger partial charge in [-0.05, 0) is 25.0 Å². The summed E-state index contributed by atoms with van der Waals surface area (Å²) in [7, 11) is 1.60. The molecule has 3 heteroatoms. The highest BCUT2D eigenvalue weighted by Crippen LogP contribution is 2.20. The van der Waals surface area contributed by atoms with Crippen LogP contribution in [-0.2, 0) is 0 Å². The Kier molecular flexibility index (Phi) is 4.62. The fraction of sp³-hybridized carbons (Fsp3) is 0.533. The summed E-state index contributed by atoms with van der Waals surface area (Å²) in [6.45, 7) is 0. The Bertz CT molecular complexity index is 395. The zero-order valence-electron chi connectivity index (χ0n) is 10.9. The van der Waals surface area contributed by atoms with Crippen LogP contribution in [0.3, 0.4) is 0 Å². The van der Waals surface area contributed by atoms with E-state index in [9.17, 15) is 4.79 Å². The van der Waals surface area contributed by atoms with E-state index in [1.807, 2.05) is 24.3 Å². The molecule has 0 spiro atoms. The van der Waals surface area contributed by atoms with E-state index in [1.165, 1.54) is 25.7 Å². The molecule has 1 aliphatic rings. The molecule has 3 nitrogen and oxygen atoms in total. The number of methoxy groups -OCH3 is 1. The van der Waals surface area contributed by atoms with E-state index >= 15 is 0 Å². The fourth-order valence-electron chi connectivity index (χ4n) is 2.52. The maximum Gasteiger partial charge on any atom is 0.255 e. The molecule has 0 radical (unpaired) electrons. The molecule has 0 aliphatic heterocycles. The molecule has 0 saturated heterocycles. The zero-order chi connectivity index (χ0) is 12.8. The van der Waals surface area contributed by atoms with Crippen LogP contribution in [0.5, 0.6) is 5.75 Å². The lowest BCUT2D eigenvalue weighted by Gasteiger charge is -2.17. The summed E-state index contributed by atoms with van der Waals surface area (Å²) in [4.78, 5) is 12.2. The monoisotopic (exact) mass is 247 g/mol. The number of nitrogens with one attached hydrogen (secondary N) is 1. The second-order valence-electron chi connectivity index (χ2n) is 4.86. The highest BCUT2D eigenvalue weighted by molar-refractivity contribution is 5.97. The van der Waals surface area contributed by atoms with Gasteiger partial charge in [0.2, 0.25) is 0 Å². The Morgan fingerprint density at radius 3 is 2.50 bits per heavy atom. The van der Waals surface area contributed by atoms with E-state index in [0.717, 1.165) is 12.8 Å². The van der Waals surface area contributed by atoms with Gasteiger partial charge in [-0.1, -0.05) is 37.8 Å². The molecule has 0 bridgehead atoms. The molecule has 1 aliphatic carbocycles. The van der Waals surface area contributed by atoms with Crippen LogP contribution in [0.1, 0.15) is 48.9 Å². The Hall–Kier alpha value is -1.51. The van der Waals surface area contributed by atoms with Crippen molar-refractivity contribution in [2.75, 3.05) is 7.11 Å². The Labute approximate surface area is 109 Å². The van der Waals surface area contributed by atoms with Gasteiger partial charge >= 0.3 is 0 Å². The predicted molar refractivity (Wildman–Crippen MR) is 72.0 cm³/mol. The number of amides is 1. The van der Waals surface area contributed by atoms with Gasteiger partial charge in [0, 0.05) is 6.04 Å². The van der Waals surface area contributed by atoms with Crippen LogP contribution in [0.2, 0.25) is 0 Å². The first-order valence-electron chi connectivity index (χ1n) is 6.75. The third kappa shape index (κ3) is 3.25. The maximum atomic E-state index is 12.2. The first kappa shape index (κ1) is 12.9. The minimum absolute atomic E-state index is 0.0145. The lowest BCUT2D eigenvalue weighted by molar-refractivity contribution is 0.0930. The third-order valence-electron chi connectivity index (χ3n) is 3.54. The highest BCUT2D eigenvalue weighted by Gasteiger charge is 2.17. The molecule has 98 valence electrons. The summed E-state index contributed by atoms with van der Waals surface area (Å²) in [5.74, 6) is 0.628. The standard InChI is InChI=1S/C15H21NO2/c1-18-14-11-7-6-10-13(14)15(17)16-12-8-4-2-3-5-9-12/h6-7,10-12H,2-5,8-9H2,1H3,(H,16,17). The molecule has 1 amide bonds. The van der Waals surface area contributed by atoms with Gasteiger partial charge in [-0.3, -0.25) is 4.79 Å². The molecular formula is C15H21NO2. The molecular weight excluding hydrogens is 226 g/mol. The van der Waals surface area contributed by atoms with Gasteiger partial charge < -0.3 is 10.1 Å². The molecule has 1 fully saturated rings. The van der Waals surface area contributed by atoms with Crippen LogP contribution in [0.15, 0.2) is 24.3 Å². The van der Waals surface area contributed by atoms with Crippen molar-refractivity contribution in [1.29, 1.82) is 0 Å². The number of carbonyl (C=O) groups excluding carboxylic acids is 1. The number of para-hydroxylation sites is 1. The SMILES string of the molecule is COc1ccccc1C(=O)NC1CCCCCC1. The molecule has 0 aromatic heterocycles. The highest BCUT2D eigenvalue weighted by atomic mass is 16.5. The molecule has 1 N–H and O–H groups in total. The normalized spacial score (nSPS) is 16.9. The van der Waals surface area contributed by atoms with Crippen LogP contribution in [0.4, 0.5) is 0 Å². The van der Waals surface area contributed by atoms with Crippen molar-refractivity contribution in [2.45, 2.75) is 44.6 Å². The van der Waals surface area contributed by atoms with Crippen LogP contribution in [0.25, 0.3) is 0 Å². The molecule has 2 rings (SSSR count). The van der Waals surface area contributed by atoms with Gasteiger partial charge in [-0.2, -0.15) is 0 Å². The summed E-state index contributed by atoms with van der Waals surface area (Å²) in [5, 5.41) is 3.13. The number of hydrogen-bond acceptors (Lipinski definition) is 2. The first-order valence-corrected chi connectivity index (χ1v) is 6.75. The van der Waals surface area contributed by atoms with Gasteiger partial charge in [0.15, 0.2) is 0 Å². The number of benzene rings is 1. The van der Waals surface area contributed by atoms with Gasteiger partial charge in [-0.15, -0.1) is 0 Å². The average Bonchev–Trinajstić information content (AvgIpc) is 2.67. The molecule has 18 heavy (non-hydrogen) atoms. The number of ether oxygens (including phenoxy) is 1. The van der Waals surface area contributed by atoms with Crippen LogP contribution in [0, 0.1) is 0 Å². The first-order chi connectivity index (χ1) is 8.81. The van der Waals surface area contributed by atoms with E-state index in [-0.39, 0.29) is 5.91 Å². The second kappa shape index (κ2) is 6.43. The van der Waals surface area contributed by atoms with Crippen LogP contribution >= 0.6 is 0 Å².